The van der Waals surface area contributed by atoms with Gasteiger partial charge in [0.25, 0.3) is 0 Å². The first kappa shape index (κ1) is 17.2. The molecule has 5 heteroatoms. The van der Waals surface area contributed by atoms with Gasteiger partial charge in [-0.2, -0.15) is 0 Å². The second-order valence-corrected chi connectivity index (χ2v) is 5.89. The van der Waals surface area contributed by atoms with Crippen molar-refractivity contribution in [2.45, 2.75) is 25.9 Å². The molecule has 114 valence electrons. The SMILES string of the molecule is COCCNCc1ccc(N(C)C(C)(C)CO)c(Cl)c1. The van der Waals surface area contributed by atoms with Gasteiger partial charge in [-0.15, -0.1) is 0 Å². The van der Waals surface area contributed by atoms with Crippen LogP contribution in [0.2, 0.25) is 5.02 Å². The minimum atomic E-state index is -0.345. The Morgan fingerprint density at radius 2 is 2.10 bits per heavy atom. The average Bonchev–Trinajstić information content (AvgIpc) is 2.43. The van der Waals surface area contributed by atoms with Crippen LogP contribution in [0.5, 0.6) is 0 Å². The lowest BCUT2D eigenvalue weighted by Gasteiger charge is -2.36. The van der Waals surface area contributed by atoms with Crippen molar-refractivity contribution in [2.24, 2.45) is 0 Å². The lowest BCUT2D eigenvalue weighted by Crippen LogP contribution is -2.44. The van der Waals surface area contributed by atoms with E-state index in [9.17, 15) is 5.11 Å². The predicted octanol–water partition coefficient (Wildman–Crippen LogP) is 2.28. The maximum absolute atomic E-state index is 9.43. The average molecular weight is 301 g/mol. The summed E-state index contributed by atoms with van der Waals surface area (Å²) >= 11 is 6.35. The molecule has 0 heterocycles. The van der Waals surface area contributed by atoms with Crippen LogP contribution in [0, 0.1) is 0 Å². The zero-order chi connectivity index (χ0) is 15.2. The van der Waals surface area contributed by atoms with Gasteiger partial charge in [-0.1, -0.05) is 17.7 Å². The van der Waals surface area contributed by atoms with Crippen molar-refractivity contribution < 1.29 is 9.84 Å². The van der Waals surface area contributed by atoms with Crippen LogP contribution < -0.4 is 10.2 Å². The summed E-state index contributed by atoms with van der Waals surface area (Å²) in [6.07, 6.45) is 0. The van der Waals surface area contributed by atoms with Crippen molar-refractivity contribution in [3.05, 3.63) is 28.8 Å². The molecular weight excluding hydrogens is 276 g/mol. The van der Waals surface area contributed by atoms with Crippen LogP contribution in [-0.2, 0) is 11.3 Å². The molecule has 1 rings (SSSR count). The number of nitrogens with one attached hydrogen (secondary N) is 1. The first-order valence-electron chi connectivity index (χ1n) is 6.75. The zero-order valence-corrected chi connectivity index (χ0v) is 13.5. The summed E-state index contributed by atoms with van der Waals surface area (Å²) in [7, 11) is 3.63. The molecule has 0 aromatic heterocycles. The first-order chi connectivity index (χ1) is 9.42. The number of aliphatic hydroxyl groups is 1. The van der Waals surface area contributed by atoms with E-state index in [0.717, 1.165) is 24.3 Å². The van der Waals surface area contributed by atoms with Gasteiger partial charge in [0.05, 0.1) is 29.5 Å². The lowest BCUT2D eigenvalue weighted by atomic mass is 10.0. The van der Waals surface area contributed by atoms with E-state index < -0.39 is 0 Å². The van der Waals surface area contributed by atoms with Crippen molar-refractivity contribution in [1.29, 1.82) is 0 Å². The molecule has 0 bridgehead atoms. The number of ether oxygens (including phenoxy) is 1. The maximum atomic E-state index is 9.43. The third-order valence-electron chi connectivity index (χ3n) is 3.48. The summed E-state index contributed by atoms with van der Waals surface area (Å²) in [6.45, 7) is 6.29. The maximum Gasteiger partial charge on any atom is 0.0658 e. The van der Waals surface area contributed by atoms with Crippen molar-refractivity contribution in [3.8, 4) is 0 Å². The number of rotatable bonds is 8. The number of aliphatic hydroxyl groups excluding tert-OH is 1. The molecule has 1 aromatic carbocycles. The third kappa shape index (κ3) is 4.63. The number of halogens is 1. The molecule has 2 N–H and O–H groups in total. The van der Waals surface area contributed by atoms with Gasteiger partial charge in [0.1, 0.15) is 0 Å². The number of hydrogen-bond acceptors (Lipinski definition) is 4. The van der Waals surface area contributed by atoms with Crippen LogP contribution in [-0.4, -0.2) is 44.6 Å². The van der Waals surface area contributed by atoms with Gasteiger partial charge in [-0.25, -0.2) is 0 Å². The highest BCUT2D eigenvalue weighted by atomic mass is 35.5. The highest BCUT2D eigenvalue weighted by molar-refractivity contribution is 6.33. The fraction of sp³-hybridized carbons (Fsp3) is 0.600. The third-order valence-corrected chi connectivity index (χ3v) is 3.78. The Morgan fingerprint density at radius 1 is 1.40 bits per heavy atom. The van der Waals surface area contributed by atoms with Crippen LogP contribution in [0.25, 0.3) is 0 Å². The zero-order valence-electron chi connectivity index (χ0n) is 12.7. The topological polar surface area (TPSA) is 44.7 Å². The molecule has 1 aromatic rings. The summed E-state index contributed by atoms with van der Waals surface area (Å²) in [5, 5.41) is 13.4. The Morgan fingerprint density at radius 3 is 2.65 bits per heavy atom. The summed E-state index contributed by atoms with van der Waals surface area (Å²) in [5.74, 6) is 0. The number of likely N-dealkylation sites (N-methyl/N-ethyl adjacent to an activating group) is 1. The van der Waals surface area contributed by atoms with Crippen molar-refractivity contribution in [1.82, 2.24) is 5.32 Å². The molecule has 0 fully saturated rings. The fourth-order valence-corrected chi connectivity index (χ4v) is 2.10. The van der Waals surface area contributed by atoms with Gasteiger partial charge in [-0.3, -0.25) is 0 Å². The standard InChI is InChI=1S/C15H25ClN2O2/c1-15(2,11-19)18(3)14-6-5-12(9-13(14)16)10-17-7-8-20-4/h5-6,9,17,19H,7-8,10-11H2,1-4H3. The smallest absolute Gasteiger partial charge is 0.0658 e. The largest absolute Gasteiger partial charge is 0.394 e. The van der Waals surface area contributed by atoms with E-state index in [1.807, 2.05) is 44.0 Å². The second kappa shape index (κ2) is 7.84. The van der Waals surface area contributed by atoms with Gasteiger partial charge in [-0.05, 0) is 31.5 Å². The molecule has 0 spiro atoms. The van der Waals surface area contributed by atoms with Crippen LogP contribution >= 0.6 is 11.6 Å². The van der Waals surface area contributed by atoms with Gasteiger partial charge in [0.15, 0.2) is 0 Å². The normalized spacial score (nSPS) is 11.7. The summed E-state index contributed by atoms with van der Waals surface area (Å²) in [5.41, 5.74) is 1.71. The van der Waals surface area contributed by atoms with E-state index in [0.29, 0.717) is 11.6 Å². The van der Waals surface area contributed by atoms with Gasteiger partial charge >= 0.3 is 0 Å². The second-order valence-electron chi connectivity index (χ2n) is 5.48. The number of benzene rings is 1. The number of methoxy groups -OCH3 is 1. The molecule has 0 aliphatic rings. The molecule has 0 saturated carbocycles. The molecule has 0 aliphatic heterocycles. The van der Waals surface area contributed by atoms with E-state index in [1.165, 1.54) is 0 Å². The van der Waals surface area contributed by atoms with E-state index in [2.05, 4.69) is 5.32 Å². The van der Waals surface area contributed by atoms with E-state index in [4.69, 9.17) is 16.3 Å². The molecule has 0 atom stereocenters. The van der Waals surface area contributed by atoms with Gasteiger partial charge in [0, 0.05) is 27.2 Å². The summed E-state index contributed by atoms with van der Waals surface area (Å²) < 4.78 is 4.98. The van der Waals surface area contributed by atoms with Crippen LogP contribution in [0.3, 0.4) is 0 Å². The lowest BCUT2D eigenvalue weighted by molar-refractivity contribution is 0.199. The molecule has 20 heavy (non-hydrogen) atoms. The molecule has 4 nitrogen and oxygen atoms in total. The summed E-state index contributed by atoms with van der Waals surface area (Å²) in [4.78, 5) is 2.00. The van der Waals surface area contributed by atoms with Gasteiger partial charge in [0.2, 0.25) is 0 Å². The van der Waals surface area contributed by atoms with E-state index in [-0.39, 0.29) is 12.1 Å². The van der Waals surface area contributed by atoms with Crippen LogP contribution in [0.4, 0.5) is 5.69 Å². The molecule has 0 saturated heterocycles. The molecule has 0 unspecified atom stereocenters. The minimum absolute atomic E-state index is 0.0696. The molecular formula is C15H25ClN2O2. The quantitative estimate of drug-likeness (QED) is 0.723. The van der Waals surface area contributed by atoms with Crippen molar-refractivity contribution in [2.75, 3.05) is 38.8 Å². The minimum Gasteiger partial charge on any atom is -0.394 e. The summed E-state index contributed by atoms with van der Waals surface area (Å²) in [6, 6.07) is 6.00. The Kier molecular flexibility index (Phi) is 6.76. The highest BCUT2D eigenvalue weighted by Gasteiger charge is 2.24. The number of nitrogens with zero attached hydrogens (tertiary/aromatic N) is 1. The molecule has 0 radical (unpaired) electrons. The van der Waals surface area contributed by atoms with Gasteiger partial charge < -0.3 is 20.1 Å². The first-order valence-corrected chi connectivity index (χ1v) is 7.13. The number of hydrogen-bond donors (Lipinski definition) is 2. The van der Waals surface area contributed by atoms with E-state index in [1.54, 1.807) is 7.11 Å². The van der Waals surface area contributed by atoms with Crippen molar-refractivity contribution >= 4 is 17.3 Å². The highest BCUT2D eigenvalue weighted by Crippen LogP contribution is 2.30. The Labute approximate surface area is 126 Å². The monoisotopic (exact) mass is 300 g/mol. The Hall–Kier alpha value is -0.810. The van der Waals surface area contributed by atoms with E-state index >= 15 is 0 Å². The van der Waals surface area contributed by atoms with Crippen LogP contribution in [0.15, 0.2) is 18.2 Å². The Bertz CT molecular complexity index is 424. The van der Waals surface area contributed by atoms with Crippen LogP contribution in [0.1, 0.15) is 19.4 Å². The fourth-order valence-electron chi connectivity index (χ4n) is 1.77. The predicted molar refractivity (Wildman–Crippen MR) is 84.6 cm³/mol. The molecule has 0 aliphatic carbocycles. The van der Waals surface area contributed by atoms with Crippen molar-refractivity contribution in [3.63, 3.8) is 0 Å². The number of anilines is 1. The Balaban J connectivity index is 2.73. The molecule has 0 amide bonds.